The van der Waals surface area contributed by atoms with Gasteiger partial charge in [0.1, 0.15) is 6.04 Å². The molecule has 0 spiro atoms. The lowest BCUT2D eigenvalue weighted by Crippen LogP contribution is -2.57. The number of carbonyl (C=O) groups is 4. The number of rotatable bonds is 5. The second-order valence-electron chi connectivity index (χ2n) is 9.41. The fourth-order valence-electron chi connectivity index (χ4n) is 5.87. The van der Waals surface area contributed by atoms with Crippen LogP contribution in [0.15, 0.2) is 48.5 Å². The summed E-state index contributed by atoms with van der Waals surface area (Å²) in [4.78, 5) is 54.2. The molecule has 2 bridgehead atoms. The summed E-state index contributed by atoms with van der Waals surface area (Å²) in [5.74, 6) is -2.21. The van der Waals surface area contributed by atoms with Gasteiger partial charge in [0.2, 0.25) is 0 Å². The molecule has 2 saturated carbocycles. The molecular weight excluding hydrogens is 440 g/mol. The van der Waals surface area contributed by atoms with E-state index in [1.807, 2.05) is 19.1 Å². The van der Waals surface area contributed by atoms with Gasteiger partial charge >= 0.3 is 0 Å². The Kier molecular flexibility index (Phi) is 5.36. The van der Waals surface area contributed by atoms with Crippen LogP contribution in [0.1, 0.15) is 52.5 Å². The van der Waals surface area contributed by atoms with Crippen molar-refractivity contribution < 1.29 is 19.2 Å². The van der Waals surface area contributed by atoms with Gasteiger partial charge in [0, 0.05) is 5.56 Å². The Balaban J connectivity index is 1.56. The van der Waals surface area contributed by atoms with E-state index in [9.17, 15) is 19.2 Å². The standard InChI is InChI=1S/C26H25ClN2O4/c1-14-7-9-16(10-8-14)23(30)15(2)28(24(31)19-5-3-4-6-20(19)27)29-25(32)21-17-11-12-18(13-17)22(21)26(29)33/h3-10,15,17-18,21-22H,11-13H2,1-2H3/t15-,17-,18-,21-,22-/m0/s1. The number of carbonyl (C=O) groups excluding carboxylic acids is 4. The Morgan fingerprint density at radius 2 is 1.55 bits per heavy atom. The molecule has 170 valence electrons. The van der Waals surface area contributed by atoms with Crippen molar-refractivity contribution in [2.75, 3.05) is 0 Å². The number of benzene rings is 2. The van der Waals surface area contributed by atoms with Crippen LogP contribution in [0.3, 0.4) is 0 Å². The third kappa shape index (κ3) is 3.39. The fraction of sp³-hybridized carbons (Fsp3) is 0.385. The fourth-order valence-corrected chi connectivity index (χ4v) is 6.09. The lowest BCUT2D eigenvalue weighted by Gasteiger charge is -2.35. The van der Waals surface area contributed by atoms with E-state index in [2.05, 4.69) is 0 Å². The zero-order valence-corrected chi connectivity index (χ0v) is 19.3. The molecule has 33 heavy (non-hydrogen) atoms. The topological polar surface area (TPSA) is 74.8 Å². The molecule has 2 aromatic carbocycles. The van der Waals surface area contributed by atoms with E-state index in [-0.39, 0.29) is 40.0 Å². The van der Waals surface area contributed by atoms with Crippen molar-refractivity contribution >= 4 is 35.1 Å². The molecule has 0 N–H and O–H groups in total. The number of imide groups is 1. The first kappa shape index (κ1) is 21.8. The van der Waals surface area contributed by atoms with Crippen LogP contribution in [-0.4, -0.2) is 39.6 Å². The molecule has 0 radical (unpaired) electrons. The average Bonchev–Trinajstić information content (AvgIpc) is 3.49. The van der Waals surface area contributed by atoms with Crippen LogP contribution in [0.4, 0.5) is 0 Å². The first-order chi connectivity index (χ1) is 15.8. The zero-order valence-electron chi connectivity index (χ0n) is 18.5. The van der Waals surface area contributed by atoms with Gasteiger partial charge in [-0.05, 0) is 57.1 Å². The van der Waals surface area contributed by atoms with Gasteiger partial charge in [-0.25, -0.2) is 5.01 Å². The average molecular weight is 465 g/mol. The van der Waals surface area contributed by atoms with Crippen molar-refractivity contribution in [2.24, 2.45) is 23.7 Å². The molecule has 6 nitrogen and oxygen atoms in total. The SMILES string of the molecule is Cc1ccc(C(=O)[C@H](C)N(C(=O)c2ccccc2Cl)N2C(=O)[C@H]3[C@H]4CC[C@@H](C4)[C@@H]3C2=O)cc1. The molecule has 2 aliphatic carbocycles. The second kappa shape index (κ2) is 8.10. The predicted molar refractivity (Wildman–Crippen MR) is 122 cm³/mol. The van der Waals surface area contributed by atoms with E-state index in [0.29, 0.717) is 5.56 Å². The Morgan fingerprint density at radius 3 is 2.12 bits per heavy atom. The summed E-state index contributed by atoms with van der Waals surface area (Å²) < 4.78 is 0. The lowest BCUT2D eigenvalue weighted by atomic mass is 9.81. The van der Waals surface area contributed by atoms with Crippen LogP contribution >= 0.6 is 11.6 Å². The maximum Gasteiger partial charge on any atom is 0.275 e. The van der Waals surface area contributed by atoms with Crippen molar-refractivity contribution in [3.8, 4) is 0 Å². The minimum atomic E-state index is -1.07. The smallest absolute Gasteiger partial charge is 0.275 e. The van der Waals surface area contributed by atoms with Gasteiger partial charge in [-0.15, -0.1) is 0 Å². The van der Waals surface area contributed by atoms with Gasteiger partial charge in [0.25, 0.3) is 17.7 Å². The number of hydrogen-bond donors (Lipinski definition) is 0. The van der Waals surface area contributed by atoms with Gasteiger partial charge in [0.15, 0.2) is 5.78 Å². The third-order valence-electron chi connectivity index (χ3n) is 7.51. The largest absolute Gasteiger partial charge is 0.292 e. The Morgan fingerprint density at radius 1 is 0.970 bits per heavy atom. The van der Waals surface area contributed by atoms with Crippen molar-refractivity contribution in [3.05, 3.63) is 70.2 Å². The number of ketones is 1. The summed E-state index contributed by atoms with van der Waals surface area (Å²) in [6.45, 7) is 3.47. The highest BCUT2D eigenvalue weighted by atomic mass is 35.5. The van der Waals surface area contributed by atoms with Gasteiger partial charge < -0.3 is 0 Å². The number of Topliss-reactive ketones (excluding diaryl/α,β-unsaturated/α-hetero) is 1. The van der Waals surface area contributed by atoms with E-state index in [1.54, 1.807) is 37.3 Å². The maximum absolute atomic E-state index is 13.7. The summed E-state index contributed by atoms with van der Waals surface area (Å²) in [6.07, 6.45) is 2.74. The Hall–Kier alpha value is -2.99. The molecule has 3 amide bonds. The summed E-state index contributed by atoms with van der Waals surface area (Å²) >= 11 is 6.29. The summed E-state index contributed by atoms with van der Waals surface area (Å²) in [6, 6.07) is 12.4. The predicted octanol–water partition coefficient (Wildman–Crippen LogP) is 4.31. The molecular formula is C26H25ClN2O4. The Bertz CT molecular complexity index is 1130. The molecule has 3 fully saturated rings. The van der Waals surface area contributed by atoms with Gasteiger partial charge in [-0.2, -0.15) is 5.01 Å². The van der Waals surface area contributed by atoms with Crippen molar-refractivity contribution in [3.63, 3.8) is 0 Å². The van der Waals surface area contributed by atoms with Crippen LogP contribution in [0.2, 0.25) is 5.02 Å². The maximum atomic E-state index is 13.7. The highest BCUT2D eigenvalue weighted by Crippen LogP contribution is 2.56. The first-order valence-corrected chi connectivity index (χ1v) is 11.7. The minimum absolute atomic E-state index is 0.142. The van der Waals surface area contributed by atoms with Crippen molar-refractivity contribution in [1.82, 2.24) is 10.0 Å². The highest BCUT2D eigenvalue weighted by Gasteiger charge is 2.63. The second-order valence-corrected chi connectivity index (χ2v) is 9.82. The monoisotopic (exact) mass is 464 g/mol. The number of aryl methyl sites for hydroxylation is 1. The molecule has 2 aromatic rings. The zero-order chi connectivity index (χ0) is 23.4. The van der Waals surface area contributed by atoms with Crippen LogP contribution in [0, 0.1) is 30.6 Å². The normalized spacial score (nSPS) is 26.5. The Labute approximate surface area is 197 Å². The van der Waals surface area contributed by atoms with Crippen LogP contribution in [0.25, 0.3) is 0 Å². The lowest BCUT2D eigenvalue weighted by molar-refractivity contribution is -0.157. The quantitative estimate of drug-likeness (QED) is 0.488. The minimum Gasteiger partial charge on any atom is -0.292 e. The van der Waals surface area contributed by atoms with E-state index >= 15 is 0 Å². The third-order valence-corrected chi connectivity index (χ3v) is 7.84. The van der Waals surface area contributed by atoms with Gasteiger partial charge in [-0.1, -0.05) is 53.6 Å². The van der Waals surface area contributed by atoms with Crippen molar-refractivity contribution in [1.29, 1.82) is 0 Å². The molecule has 7 heteroatoms. The van der Waals surface area contributed by atoms with Crippen LogP contribution in [-0.2, 0) is 9.59 Å². The molecule has 5 atom stereocenters. The van der Waals surface area contributed by atoms with E-state index in [4.69, 9.17) is 11.6 Å². The molecule has 1 saturated heterocycles. The summed E-state index contributed by atoms with van der Waals surface area (Å²) in [5, 5.41) is 2.20. The molecule has 0 unspecified atom stereocenters. The van der Waals surface area contributed by atoms with Gasteiger partial charge in [-0.3, -0.25) is 19.2 Å². The summed E-state index contributed by atoms with van der Waals surface area (Å²) in [5.41, 5.74) is 1.55. The number of hydrogen-bond acceptors (Lipinski definition) is 4. The van der Waals surface area contributed by atoms with E-state index < -0.39 is 23.8 Å². The first-order valence-electron chi connectivity index (χ1n) is 11.4. The number of amides is 3. The van der Waals surface area contributed by atoms with E-state index in [0.717, 1.165) is 34.8 Å². The van der Waals surface area contributed by atoms with E-state index in [1.165, 1.54) is 6.07 Å². The molecule has 5 rings (SSSR count). The molecule has 3 aliphatic rings. The van der Waals surface area contributed by atoms with Crippen LogP contribution < -0.4 is 0 Å². The van der Waals surface area contributed by atoms with Crippen LogP contribution in [0.5, 0.6) is 0 Å². The number of halogens is 1. The molecule has 1 heterocycles. The molecule has 1 aliphatic heterocycles. The summed E-state index contributed by atoms with van der Waals surface area (Å²) in [7, 11) is 0. The van der Waals surface area contributed by atoms with Gasteiger partial charge in [0.05, 0.1) is 22.4 Å². The number of hydrazine groups is 1. The highest BCUT2D eigenvalue weighted by molar-refractivity contribution is 6.34. The number of fused-ring (bicyclic) bond motifs is 5. The van der Waals surface area contributed by atoms with Crippen molar-refractivity contribution in [2.45, 2.75) is 39.2 Å². The number of nitrogens with zero attached hydrogens (tertiary/aromatic N) is 2. The molecule has 0 aromatic heterocycles.